The molecule has 0 spiro atoms. The van der Waals surface area contributed by atoms with Crippen LogP contribution >= 0.6 is 0 Å². The van der Waals surface area contributed by atoms with Crippen molar-refractivity contribution < 1.29 is 9.90 Å². The van der Waals surface area contributed by atoms with Crippen molar-refractivity contribution in [1.82, 2.24) is 15.1 Å². The van der Waals surface area contributed by atoms with E-state index in [1.165, 1.54) is 11.1 Å². The molecular formula is C20H33N3O2. The van der Waals surface area contributed by atoms with Gasteiger partial charge in [0.2, 0.25) is 0 Å². The Balaban J connectivity index is 1.94. The van der Waals surface area contributed by atoms with Crippen molar-refractivity contribution in [3.05, 3.63) is 35.4 Å². The van der Waals surface area contributed by atoms with Gasteiger partial charge in [0, 0.05) is 31.7 Å². The maximum atomic E-state index is 12.5. The number of rotatable bonds is 6. The van der Waals surface area contributed by atoms with E-state index in [0.717, 1.165) is 19.5 Å². The van der Waals surface area contributed by atoms with Crippen LogP contribution in [0.25, 0.3) is 0 Å². The van der Waals surface area contributed by atoms with Crippen molar-refractivity contribution in [2.24, 2.45) is 0 Å². The number of carbonyl (C=O) groups excluding carboxylic acids is 1. The minimum absolute atomic E-state index is 0.116. The van der Waals surface area contributed by atoms with E-state index in [4.69, 9.17) is 0 Å². The average Bonchev–Trinajstić information content (AvgIpc) is 2.56. The summed E-state index contributed by atoms with van der Waals surface area (Å²) in [5.41, 5.74) is 1.79. The molecule has 0 atom stereocenters. The molecule has 25 heavy (non-hydrogen) atoms. The molecule has 0 bridgehead atoms. The van der Waals surface area contributed by atoms with Gasteiger partial charge in [0.1, 0.15) is 0 Å². The van der Waals surface area contributed by atoms with E-state index in [9.17, 15) is 9.90 Å². The molecule has 0 aromatic heterocycles. The first kappa shape index (κ1) is 19.7. The quantitative estimate of drug-likeness (QED) is 0.832. The van der Waals surface area contributed by atoms with Gasteiger partial charge in [0.25, 0.3) is 0 Å². The van der Waals surface area contributed by atoms with Crippen LogP contribution in [0.1, 0.15) is 45.7 Å². The van der Waals surface area contributed by atoms with Crippen LogP contribution in [-0.2, 0) is 13.0 Å². The number of nitrogens with one attached hydrogen (secondary N) is 1. The Kier molecular flexibility index (Phi) is 6.12. The van der Waals surface area contributed by atoms with E-state index in [1.807, 2.05) is 6.92 Å². The number of carbonyl (C=O) groups is 1. The molecule has 1 heterocycles. The Hall–Kier alpha value is -1.59. The number of aliphatic hydroxyl groups is 1. The number of likely N-dealkylation sites (N-methyl/N-ethyl adjacent to an activating group) is 1. The van der Waals surface area contributed by atoms with Gasteiger partial charge in [-0.15, -0.1) is 0 Å². The first-order valence-electron chi connectivity index (χ1n) is 9.19. The first-order chi connectivity index (χ1) is 11.6. The minimum Gasteiger partial charge on any atom is -0.389 e. The van der Waals surface area contributed by atoms with Crippen molar-refractivity contribution in [2.45, 2.75) is 58.7 Å². The lowest BCUT2D eigenvalue weighted by molar-refractivity contribution is 0.0465. The summed E-state index contributed by atoms with van der Waals surface area (Å²) in [5.74, 6) is 0. The lowest BCUT2D eigenvalue weighted by Crippen LogP contribution is -2.55. The normalized spacial score (nSPS) is 15.6. The molecule has 140 valence electrons. The zero-order valence-corrected chi connectivity index (χ0v) is 16.3. The number of nitrogens with zero attached hydrogens (tertiary/aromatic N) is 2. The molecule has 2 rings (SSSR count). The van der Waals surface area contributed by atoms with E-state index in [-0.39, 0.29) is 11.6 Å². The van der Waals surface area contributed by atoms with Crippen LogP contribution in [0.2, 0.25) is 0 Å². The molecule has 5 nitrogen and oxygen atoms in total. The predicted octanol–water partition coefficient (Wildman–Crippen LogP) is 2.63. The van der Waals surface area contributed by atoms with E-state index < -0.39 is 5.60 Å². The highest BCUT2D eigenvalue weighted by Gasteiger charge is 2.31. The van der Waals surface area contributed by atoms with Gasteiger partial charge in [-0.1, -0.05) is 24.3 Å². The van der Waals surface area contributed by atoms with Gasteiger partial charge < -0.3 is 15.3 Å². The van der Waals surface area contributed by atoms with Crippen LogP contribution in [0.5, 0.6) is 0 Å². The van der Waals surface area contributed by atoms with Gasteiger partial charge in [-0.05, 0) is 52.2 Å². The topological polar surface area (TPSA) is 55.8 Å². The zero-order valence-electron chi connectivity index (χ0n) is 16.3. The fourth-order valence-electron chi connectivity index (χ4n) is 3.32. The van der Waals surface area contributed by atoms with Crippen molar-refractivity contribution in [1.29, 1.82) is 0 Å². The summed E-state index contributed by atoms with van der Waals surface area (Å²) in [6.45, 7) is 13.1. The monoisotopic (exact) mass is 347 g/mol. The van der Waals surface area contributed by atoms with Crippen LogP contribution in [0.15, 0.2) is 24.3 Å². The van der Waals surface area contributed by atoms with Crippen LogP contribution in [-0.4, -0.2) is 58.3 Å². The molecule has 5 heteroatoms. The maximum absolute atomic E-state index is 12.5. The second-order valence-electron chi connectivity index (χ2n) is 8.24. The summed E-state index contributed by atoms with van der Waals surface area (Å²) in [6, 6.07) is 8.47. The zero-order chi connectivity index (χ0) is 18.7. The Morgan fingerprint density at radius 3 is 2.48 bits per heavy atom. The first-order valence-corrected chi connectivity index (χ1v) is 9.19. The molecule has 0 unspecified atom stereocenters. The fraction of sp³-hybridized carbons (Fsp3) is 0.650. The molecule has 0 fully saturated rings. The van der Waals surface area contributed by atoms with Crippen molar-refractivity contribution in [2.75, 3.05) is 26.2 Å². The molecule has 0 radical (unpaired) electrons. The molecule has 2 amide bonds. The molecule has 1 aromatic carbocycles. The Morgan fingerprint density at radius 1 is 1.24 bits per heavy atom. The van der Waals surface area contributed by atoms with Gasteiger partial charge in [-0.3, -0.25) is 4.90 Å². The molecule has 0 saturated carbocycles. The average molecular weight is 348 g/mol. The number of hydrogen-bond acceptors (Lipinski definition) is 3. The SMILES string of the molecule is CCN(CC(C)(C)O)C(=O)NCC(C)(C)N1CCc2ccccc2C1. The highest BCUT2D eigenvalue weighted by Crippen LogP contribution is 2.25. The second kappa shape index (κ2) is 7.75. The van der Waals surface area contributed by atoms with E-state index in [2.05, 4.69) is 48.3 Å². The van der Waals surface area contributed by atoms with E-state index >= 15 is 0 Å². The molecular weight excluding hydrogens is 314 g/mol. The number of urea groups is 1. The summed E-state index contributed by atoms with van der Waals surface area (Å²) in [6.07, 6.45) is 1.05. The fourth-order valence-corrected chi connectivity index (χ4v) is 3.32. The summed E-state index contributed by atoms with van der Waals surface area (Å²) in [5, 5.41) is 13.0. The van der Waals surface area contributed by atoms with Crippen LogP contribution in [0, 0.1) is 0 Å². The third-order valence-electron chi connectivity index (χ3n) is 4.91. The van der Waals surface area contributed by atoms with Crippen LogP contribution in [0.3, 0.4) is 0 Å². The van der Waals surface area contributed by atoms with Crippen LogP contribution in [0.4, 0.5) is 4.79 Å². The summed E-state index contributed by atoms with van der Waals surface area (Å²) >= 11 is 0. The summed E-state index contributed by atoms with van der Waals surface area (Å²) in [7, 11) is 0. The third kappa shape index (κ3) is 5.44. The molecule has 2 N–H and O–H groups in total. The lowest BCUT2D eigenvalue weighted by Gasteiger charge is -2.42. The second-order valence-corrected chi connectivity index (χ2v) is 8.24. The molecule has 1 aliphatic heterocycles. The minimum atomic E-state index is -0.889. The third-order valence-corrected chi connectivity index (χ3v) is 4.91. The predicted molar refractivity (Wildman–Crippen MR) is 102 cm³/mol. The number of benzene rings is 1. The number of hydrogen-bond donors (Lipinski definition) is 2. The standard InChI is InChI=1S/C20H33N3O2/c1-6-22(15-20(4,5)25)18(24)21-14-19(2,3)23-12-11-16-9-7-8-10-17(16)13-23/h7-10,25H,6,11-15H2,1-5H3,(H,21,24). The maximum Gasteiger partial charge on any atom is 0.317 e. The van der Waals surface area contributed by atoms with Gasteiger partial charge in [0.15, 0.2) is 0 Å². The molecule has 0 aliphatic carbocycles. The highest BCUT2D eigenvalue weighted by molar-refractivity contribution is 5.74. The smallest absolute Gasteiger partial charge is 0.317 e. The van der Waals surface area contributed by atoms with Gasteiger partial charge in [-0.25, -0.2) is 4.79 Å². The van der Waals surface area contributed by atoms with Gasteiger partial charge in [0.05, 0.1) is 12.1 Å². The van der Waals surface area contributed by atoms with E-state index in [0.29, 0.717) is 19.6 Å². The van der Waals surface area contributed by atoms with Crippen molar-refractivity contribution in [3.8, 4) is 0 Å². The summed E-state index contributed by atoms with van der Waals surface area (Å²) in [4.78, 5) is 16.6. The molecule has 0 saturated heterocycles. The van der Waals surface area contributed by atoms with Gasteiger partial charge in [-0.2, -0.15) is 0 Å². The largest absolute Gasteiger partial charge is 0.389 e. The molecule has 1 aromatic rings. The van der Waals surface area contributed by atoms with Crippen LogP contribution < -0.4 is 5.32 Å². The number of amides is 2. The number of fused-ring (bicyclic) bond motifs is 1. The Morgan fingerprint density at radius 2 is 1.88 bits per heavy atom. The Bertz CT molecular complexity index is 593. The highest BCUT2D eigenvalue weighted by atomic mass is 16.3. The van der Waals surface area contributed by atoms with Gasteiger partial charge >= 0.3 is 6.03 Å². The Labute approximate surface area is 152 Å². The van der Waals surface area contributed by atoms with Crippen molar-refractivity contribution >= 4 is 6.03 Å². The van der Waals surface area contributed by atoms with E-state index in [1.54, 1.807) is 18.7 Å². The molecule has 1 aliphatic rings. The van der Waals surface area contributed by atoms with Crippen molar-refractivity contribution in [3.63, 3.8) is 0 Å². The summed E-state index contributed by atoms with van der Waals surface area (Å²) < 4.78 is 0. The lowest BCUT2D eigenvalue weighted by atomic mass is 9.94.